The zero-order valence-corrected chi connectivity index (χ0v) is 14.0. The fraction of sp³-hybridized carbons (Fsp3) is 0.938. The molecule has 0 aromatic heterocycles. The van der Waals surface area contributed by atoms with Crippen LogP contribution in [0.2, 0.25) is 0 Å². The summed E-state index contributed by atoms with van der Waals surface area (Å²) in [5.74, 6) is 0.132. The second-order valence-corrected chi connectivity index (χ2v) is 7.23. The molecule has 1 saturated heterocycles. The number of rotatable bonds is 5. The Morgan fingerprint density at radius 3 is 2.61 bits per heavy atom. The summed E-state index contributed by atoms with van der Waals surface area (Å²) in [6.07, 6.45) is 0.305. The molecule has 0 aromatic rings. The van der Waals surface area contributed by atoms with E-state index in [0.717, 1.165) is 32.1 Å². The van der Waals surface area contributed by atoms with Crippen LogP contribution in [0, 0.1) is 5.92 Å². The van der Waals surface area contributed by atoms with Gasteiger partial charge in [0.1, 0.15) is 0 Å². The lowest BCUT2D eigenvalue weighted by Crippen LogP contribution is -2.46. The highest BCUT2D eigenvalue weighted by Gasteiger charge is 2.35. The maximum absolute atomic E-state index is 12.4. The second-order valence-electron chi connectivity index (χ2n) is 7.23. The van der Waals surface area contributed by atoms with E-state index >= 15 is 0 Å². The van der Waals surface area contributed by atoms with Crippen molar-refractivity contribution in [3.05, 3.63) is 0 Å². The van der Waals surface area contributed by atoms with Gasteiger partial charge in [0.2, 0.25) is 5.91 Å². The summed E-state index contributed by atoms with van der Waals surface area (Å²) in [5.41, 5.74) is 0. The molecule has 0 unspecified atom stereocenters. The van der Waals surface area contributed by atoms with Gasteiger partial charge in [0, 0.05) is 37.1 Å². The molecule has 2 aliphatic rings. The van der Waals surface area contributed by atoms with Crippen LogP contribution in [0.3, 0.4) is 0 Å². The van der Waals surface area contributed by atoms with Crippen LogP contribution in [-0.4, -0.2) is 54.7 Å². The molecule has 0 aromatic carbocycles. The van der Waals surface area contributed by atoms with Crippen LogP contribution in [0.25, 0.3) is 0 Å². The molecule has 0 bridgehead atoms. The van der Waals surface area contributed by atoms with Crippen LogP contribution in [0.15, 0.2) is 0 Å². The first-order valence-corrected chi connectivity index (χ1v) is 8.58. The quantitative estimate of drug-likeness (QED) is 0.810. The van der Waals surface area contributed by atoms with Crippen molar-refractivity contribution in [3.8, 4) is 0 Å². The molecule has 1 aliphatic heterocycles. The van der Waals surface area contributed by atoms with E-state index in [1.165, 1.54) is 4.90 Å². The van der Waals surface area contributed by atoms with Crippen molar-refractivity contribution in [2.45, 2.75) is 70.3 Å². The molecule has 1 aliphatic carbocycles. The van der Waals surface area contributed by atoms with Crippen LogP contribution in [0.4, 0.5) is 13.2 Å². The van der Waals surface area contributed by atoms with E-state index in [0.29, 0.717) is 13.1 Å². The average Bonchev–Trinajstić information content (AvgIpc) is 2.83. The number of carbonyl (C=O) groups excluding carboxylic acids is 1. The third-order valence-electron chi connectivity index (χ3n) is 4.62. The molecule has 0 spiro atoms. The Morgan fingerprint density at radius 2 is 1.96 bits per heavy atom. The number of nitrogens with one attached hydrogen (secondary N) is 2. The summed E-state index contributed by atoms with van der Waals surface area (Å²) in [6.45, 7) is 4.00. The maximum Gasteiger partial charge on any atom is 0.401 e. The molecule has 1 amide bonds. The number of likely N-dealkylation sites (tertiary alicyclic amines) is 1. The van der Waals surface area contributed by atoms with Gasteiger partial charge < -0.3 is 10.6 Å². The normalized spacial score (nSPS) is 29.9. The molecule has 23 heavy (non-hydrogen) atoms. The van der Waals surface area contributed by atoms with Gasteiger partial charge in [-0.1, -0.05) is 6.42 Å². The van der Waals surface area contributed by atoms with Gasteiger partial charge in [0.05, 0.1) is 6.54 Å². The lowest BCUT2D eigenvalue weighted by atomic mass is 9.84. The molecule has 1 heterocycles. The average molecular weight is 335 g/mol. The Bertz CT molecular complexity index is 401. The first-order chi connectivity index (χ1) is 10.7. The van der Waals surface area contributed by atoms with Crippen molar-refractivity contribution in [1.29, 1.82) is 0 Å². The van der Waals surface area contributed by atoms with Gasteiger partial charge in [0.25, 0.3) is 0 Å². The van der Waals surface area contributed by atoms with Gasteiger partial charge in [-0.25, -0.2) is 0 Å². The van der Waals surface area contributed by atoms with E-state index in [1.54, 1.807) is 0 Å². The van der Waals surface area contributed by atoms with Crippen molar-refractivity contribution in [3.63, 3.8) is 0 Å². The van der Waals surface area contributed by atoms with Crippen molar-refractivity contribution in [2.24, 2.45) is 5.92 Å². The van der Waals surface area contributed by atoms with Crippen LogP contribution >= 0.6 is 0 Å². The molecule has 2 N–H and O–H groups in total. The molecule has 134 valence electrons. The maximum atomic E-state index is 12.4. The Labute approximate surface area is 136 Å². The van der Waals surface area contributed by atoms with Crippen molar-refractivity contribution < 1.29 is 18.0 Å². The standard InChI is InChI=1S/C16H28F3N3O/c1-11(2)20-15(23)12-4-3-5-13(8-12)21-14-6-7-22(9-14)10-16(17,18)19/h11-14,21H,3-10H2,1-2H3,(H,20,23)/t12-,13-,14-/m1/s1. The molecule has 4 nitrogen and oxygen atoms in total. The van der Waals surface area contributed by atoms with Crippen molar-refractivity contribution in [1.82, 2.24) is 15.5 Å². The third-order valence-corrected chi connectivity index (χ3v) is 4.62. The number of alkyl halides is 3. The largest absolute Gasteiger partial charge is 0.401 e. The van der Waals surface area contributed by atoms with E-state index in [-0.39, 0.29) is 30.0 Å². The summed E-state index contributed by atoms with van der Waals surface area (Å²) in [6, 6.07) is 0.485. The van der Waals surface area contributed by atoms with Crippen LogP contribution in [0.5, 0.6) is 0 Å². The summed E-state index contributed by atoms with van der Waals surface area (Å²) in [7, 11) is 0. The van der Waals surface area contributed by atoms with E-state index in [1.807, 2.05) is 13.8 Å². The van der Waals surface area contributed by atoms with E-state index in [9.17, 15) is 18.0 Å². The minimum Gasteiger partial charge on any atom is -0.354 e. The number of carbonyl (C=O) groups is 1. The molecular formula is C16H28F3N3O. The Morgan fingerprint density at radius 1 is 1.22 bits per heavy atom. The molecule has 2 fully saturated rings. The fourth-order valence-corrected chi connectivity index (χ4v) is 3.68. The van der Waals surface area contributed by atoms with E-state index in [2.05, 4.69) is 10.6 Å². The predicted molar refractivity (Wildman–Crippen MR) is 83.1 cm³/mol. The number of nitrogens with zero attached hydrogens (tertiary/aromatic N) is 1. The number of amides is 1. The lowest BCUT2D eigenvalue weighted by molar-refractivity contribution is -0.143. The van der Waals surface area contributed by atoms with Crippen LogP contribution in [0.1, 0.15) is 46.0 Å². The highest BCUT2D eigenvalue weighted by molar-refractivity contribution is 5.79. The highest BCUT2D eigenvalue weighted by atomic mass is 19.4. The zero-order valence-electron chi connectivity index (χ0n) is 14.0. The minimum atomic E-state index is -4.13. The van der Waals surface area contributed by atoms with Gasteiger partial charge in [-0.15, -0.1) is 0 Å². The Hall–Kier alpha value is -0.820. The van der Waals surface area contributed by atoms with Crippen LogP contribution in [-0.2, 0) is 4.79 Å². The Kier molecular flexibility index (Phi) is 6.31. The smallest absolute Gasteiger partial charge is 0.354 e. The monoisotopic (exact) mass is 335 g/mol. The molecule has 3 atom stereocenters. The van der Waals surface area contributed by atoms with Crippen molar-refractivity contribution >= 4 is 5.91 Å². The molecular weight excluding hydrogens is 307 g/mol. The zero-order chi connectivity index (χ0) is 17.0. The SMILES string of the molecule is CC(C)NC(=O)[C@@H]1CCC[C@@H](N[C@@H]2CCN(CC(F)(F)F)C2)C1. The lowest BCUT2D eigenvalue weighted by Gasteiger charge is -2.31. The number of hydrogen-bond donors (Lipinski definition) is 2. The van der Waals surface area contributed by atoms with E-state index in [4.69, 9.17) is 0 Å². The summed E-state index contributed by atoms with van der Waals surface area (Å²) in [4.78, 5) is 13.6. The first-order valence-electron chi connectivity index (χ1n) is 8.58. The number of hydrogen-bond acceptors (Lipinski definition) is 3. The van der Waals surface area contributed by atoms with Crippen LogP contribution < -0.4 is 10.6 Å². The second kappa shape index (κ2) is 7.83. The topological polar surface area (TPSA) is 44.4 Å². The van der Waals surface area contributed by atoms with E-state index < -0.39 is 12.7 Å². The fourth-order valence-electron chi connectivity index (χ4n) is 3.68. The minimum absolute atomic E-state index is 0.0244. The Balaban J connectivity index is 1.76. The van der Waals surface area contributed by atoms with Gasteiger partial charge >= 0.3 is 6.18 Å². The summed E-state index contributed by atoms with van der Waals surface area (Å²) >= 11 is 0. The first kappa shape index (κ1) is 18.5. The molecule has 7 heteroatoms. The van der Waals surface area contributed by atoms with Crippen molar-refractivity contribution in [2.75, 3.05) is 19.6 Å². The molecule has 2 rings (SSSR count). The highest BCUT2D eigenvalue weighted by Crippen LogP contribution is 2.26. The molecule has 0 radical (unpaired) electrons. The van der Waals surface area contributed by atoms with Gasteiger partial charge in [-0.2, -0.15) is 13.2 Å². The van der Waals surface area contributed by atoms with Gasteiger partial charge in [-0.3, -0.25) is 9.69 Å². The van der Waals surface area contributed by atoms with Gasteiger partial charge in [-0.05, 0) is 39.5 Å². The number of halogens is 3. The summed E-state index contributed by atoms with van der Waals surface area (Å²) in [5, 5.41) is 6.44. The summed E-state index contributed by atoms with van der Waals surface area (Å²) < 4.78 is 37.3. The van der Waals surface area contributed by atoms with Gasteiger partial charge in [0.15, 0.2) is 0 Å². The third kappa shape index (κ3) is 6.30. The molecule has 1 saturated carbocycles. The predicted octanol–water partition coefficient (Wildman–Crippen LogP) is 2.30.